The Morgan fingerprint density at radius 3 is 2.76 bits per heavy atom. The van der Waals surface area contributed by atoms with Crippen molar-refractivity contribution < 1.29 is 33.0 Å². The summed E-state index contributed by atoms with van der Waals surface area (Å²) in [5, 5.41) is 0. The van der Waals surface area contributed by atoms with Gasteiger partial charge in [-0.3, -0.25) is 4.79 Å². The Morgan fingerprint density at radius 2 is 2.19 bits per heavy atom. The van der Waals surface area contributed by atoms with Crippen LogP contribution < -0.4 is 4.74 Å². The third-order valence-corrected chi connectivity index (χ3v) is 2.78. The highest BCUT2D eigenvalue weighted by Gasteiger charge is 2.29. The molecule has 0 bridgehead atoms. The summed E-state index contributed by atoms with van der Waals surface area (Å²) >= 11 is 0. The molecule has 2 amide bonds. The number of methoxy groups -OCH3 is 1. The highest BCUT2D eigenvalue weighted by atomic mass is 19.1. The molecule has 112 valence electrons. The van der Waals surface area contributed by atoms with Gasteiger partial charge in [-0.15, -0.1) is 0 Å². The zero-order valence-electron chi connectivity index (χ0n) is 11.1. The molecule has 1 fully saturated rings. The van der Waals surface area contributed by atoms with Gasteiger partial charge in [-0.1, -0.05) is 0 Å². The molecule has 1 aromatic rings. The molecule has 0 aromatic heterocycles. The topological polar surface area (TPSA) is 82.1 Å². The number of esters is 1. The van der Waals surface area contributed by atoms with Crippen LogP contribution in [0.25, 0.3) is 0 Å². The maximum absolute atomic E-state index is 13.4. The molecule has 7 nitrogen and oxygen atoms in total. The van der Waals surface area contributed by atoms with Crippen molar-refractivity contribution in [3.8, 4) is 5.75 Å². The number of cyclic esters (lactones) is 1. The standard InChI is InChI=1S/C13H12FNO6/c1-19-10-3-2-8(6-9(10)14)12(17)21-7-11(16)15-4-5-20-13(15)18/h2-3,6H,4-5,7H2,1H3. The minimum Gasteiger partial charge on any atom is -0.494 e. The number of hydrogen-bond donors (Lipinski definition) is 0. The van der Waals surface area contributed by atoms with Crippen molar-refractivity contribution in [2.45, 2.75) is 0 Å². The molecular formula is C13H12FNO6. The number of benzene rings is 1. The van der Waals surface area contributed by atoms with Crippen LogP contribution in [0.4, 0.5) is 9.18 Å². The van der Waals surface area contributed by atoms with E-state index in [0.717, 1.165) is 11.0 Å². The summed E-state index contributed by atoms with van der Waals surface area (Å²) in [6, 6.07) is 3.51. The molecule has 0 aliphatic carbocycles. The minimum atomic E-state index is -0.877. The fourth-order valence-electron chi connectivity index (χ4n) is 1.70. The average Bonchev–Trinajstić information content (AvgIpc) is 2.90. The van der Waals surface area contributed by atoms with Gasteiger partial charge in [0.25, 0.3) is 5.91 Å². The quantitative estimate of drug-likeness (QED) is 0.770. The molecule has 2 rings (SSSR count). The van der Waals surface area contributed by atoms with Crippen LogP contribution in [-0.2, 0) is 14.3 Å². The second-order valence-electron chi connectivity index (χ2n) is 4.09. The Labute approximate surface area is 119 Å². The maximum Gasteiger partial charge on any atom is 0.416 e. The molecule has 1 aliphatic heterocycles. The van der Waals surface area contributed by atoms with Gasteiger partial charge in [0.1, 0.15) is 6.61 Å². The van der Waals surface area contributed by atoms with Crippen molar-refractivity contribution in [3.63, 3.8) is 0 Å². The van der Waals surface area contributed by atoms with Crippen LogP contribution in [0.5, 0.6) is 5.75 Å². The Bertz CT molecular complexity index is 588. The molecule has 0 N–H and O–H groups in total. The first kappa shape index (κ1) is 14.8. The summed E-state index contributed by atoms with van der Waals surface area (Å²) in [4.78, 5) is 35.3. The van der Waals surface area contributed by atoms with Gasteiger partial charge in [0.05, 0.1) is 19.2 Å². The Kier molecular flexibility index (Phi) is 4.36. The van der Waals surface area contributed by atoms with Crippen LogP contribution in [0.3, 0.4) is 0 Å². The van der Waals surface area contributed by atoms with E-state index in [0.29, 0.717) is 0 Å². The van der Waals surface area contributed by atoms with E-state index in [1.54, 1.807) is 0 Å². The van der Waals surface area contributed by atoms with E-state index in [4.69, 9.17) is 9.47 Å². The third kappa shape index (κ3) is 3.28. The molecule has 0 spiro atoms. The average molecular weight is 297 g/mol. The van der Waals surface area contributed by atoms with E-state index in [-0.39, 0.29) is 24.5 Å². The van der Waals surface area contributed by atoms with Crippen molar-refractivity contribution in [1.82, 2.24) is 4.90 Å². The van der Waals surface area contributed by atoms with Crippen LogP contribution >= 0.6 is 0 Å². The SMILES string of the molecule is COc1ccc(C(=O)OCC(=O)N2CCOC2=O)cc1F. The first-order valence-electron chi connectivity index (χ1n) is 6.00. The van der Waals surface area contributed by atoms with Gasteiger partial charge < -0.3 is 14.2 Å². The maximum atomic E-state index is 13.4. The van der Waals surface area contributed by atoms with Gasteiger partial charge in [-0.25, -0.2) is 18.9 Å². The second kappa shape index (κ2) is 6.21. The number of hydrogen-bond acceptors (Lipinski definition) is 6. The number of rotatable bonds is 4. The van der Waals surface area contributed by atoms with Crippen LogP contribution in [-0.4, -0.2) is 49.7 Å². The van der Waals surface area contributed by atoms with Crippen molar-refractivity contribution in [1.29, 1.82) is 0 Å². The van der Waals surface area contributed by atoms with Gasteiger partial charge in [0, 0.05) is 0 Å². The van der Waals surface area contributed by atoms with Gasteiger partial charge in [0.2, 0.25) is 0 Å². The summed E-state index contributed by atoms with van der Waals surface area (Å²) in [5.74, 6) is -2.30. The number of nitrogens with zero attached hydrogens (tertiary/aromatic N) is 1. The molecule has 0 radical (unpaired) electrons. The molecule has 1 aromatic carbocycles. The molecule has 0 unspecified atom stereocenters. The largest absolute Gasteiger partial charge is 0.494 e. The number of carbonyl (C=O) groups excluding carboxylic acids is 3. The van der Waals surface area contributed by atoms with Gasteiger partial charge in [0.15, 0.2) is 18.2 Å². The van der Waals surface area contributed by atoms with E-state index < -0.39 is 30.4 Å². The van der Waals surface area contributed by atoms with Crippen LogP contribution in [0, 0.1) is 5.82 Å². The Balaban J connectivity index is 1.94. The normalized spacial score (nSPS) is 13.8. The van der Waals surface area contributed by atoms with Crippen LogP contribution in [0.2, 0.25) is 0 Å². The highest BCUT2D eigenvalue weighted by molar-refractivity contribution is 5.96. The van der Waals surface area contributed by atoms with Crippen molar-refractivity contribution in [3.05, 3.63) is 29.6 Å². The first-order valence-corrected chi connectivity index (χ1v) is 6.00. The number of ether oxygens (including phenoxy) is 3. The number of imide groups is 1. The molecule has 1 saturated heterocycles. The fraction of sp³-hybridized carbons (Fsp3) is 0.308. The zero-order chi connectivity index (χ0) is 15.4. The summed E-state index contributed by atoms with van der Waals surface area (Å²) < 4.78 is 27.5. The Hall–Kier alpha value is -2.64. The summed E-state index contributed by atoms with van der Waals surface area (Å²) in [7, 11) is 1.30. The predicted molar refractivity (Wildman–Crippen MR) is 66.3 cm³/mol. The van der Waals surface area contributed by atoms with E-state index in [9.17, 15) is 18.8 Å². The summed E-state index contributed by atoms with van der Waals surface area (Å²) in [6.07, 6.45) is -0.772. The van der Waals surface area contributed by atoms with Gasteiger partial charge in [-0.2, -0.15) is 0 Å². The van der Waals surface area contributed by atoms with Crippen molar-refractivity contribution in [2.24, 2.45) is 0 Å². The highest BCUT2D eigenvalue weighted by Crippen LogP contribution is 2.18. The van der Waals surface area contributed by atoms with Crippen LogP contribution in [0.1, 0.15) is 10.4 Å². The van der Waals surface area contributed by atoms with Crippen molar-refractivity contribution >= 4 is 18.0 Å². The second-order valence-corrected chi connectivity index (χ2v) is 4.09. The molecule has 8 heteroatoms. The van der Waals surface area contributed by atoms with Crippen LogP contribution in [0.15, 0.2) is 18.2 Å². The van der Waals surface area contributed by atoms with E-state index >= 15 is 0 Å². The van der Waals surface area contributed by atoms with E-state index in [2.05, 4.69) is 4.74 Å². The molecule has 0 saturated carbocycles. The third-order valence-electron chi connectivity index (χ3n) is 2.78. The van der Waals surface area contributed by atoms with E-state index in [1.807, 2.05) is 0 Å². The molecule has 1 heterocycles. The minimum absolute atomic E-state index is 0.0116. The lowest BCUT2D eigenvalue weighted by molar-refractivity contribution is -0.131. The predicted octanol–water partition coefficient (Wildman–Crippen LogP) is 0.970. The lowest BCUT2D eigenvalue weighted by Crippen LogP contribution is -2.35. The monoisotopic (exact) mass is 297 g/mol. The molecule has 21 heavy (non-hydrogen) atoms. The summed E-state index contributed by atoms with van der Waals surface area (Å²) in [6.45, 7) is -0.393. The molecular weight excluding hydrogens is 285 g/mol. The van der Waals surface area contributed by atoms with Gasteiger partial charge in [-0.05, 0) is 18.2 Å². The fourth-order valence-corrected chi connectivity index (χ4v) is 1.70. The Morgan fingerprint density at radius 1 is 1.43 bits per heavy atom. The summed E-state index contributed by atoms with van der Waals surface area (Å²) in [5.41, 5.74) is -0.0647. The number of carbonyl (C=O) groups is 3. The van der Waals surface area contributed by atoms with Crippen molar-refractivity contribution in [2.75, 3.05) is 26.9 Å². The lowest BCUT2D eigenvalue weighted by Gasteiger charge is -2.11. The smallest absolute Gasteiger partial charge is 0.416 e. The first-order chi connectivity index (χ1) is 10.0. The lowest BCUT2D eigenvalue weighted by atomic mass is 10.2. The number of amides is 2. The molecule has 1 aliphatic rings. The zero-order valence-corrected chi connectivity index (χ0v) is 11.1. The van der Waals surface area contributed by atoms with E-state index in [1.165, 1.54) is 19.2 Å². The number of halogens is 1. The van der Waals surface area contributed by atoms with Gasteiger partial charge >= 0.3 is 12.1 Å². The molecule has 0 atom stereocenters.